The van der Waals surface area contributed by atoms with Gasteiger partial charge in [0.2, 0.25) is 11.9 Å². The van der Waals surface area contributed by atoms with Gasteiger partial charge >= 0.3 is 0 Å². The van der Waals surface area contributed by atoms with Gasteiger partial charge in [0.25, 0.3) is 5.91 Å². The molecule has 1 aliphatic rings. The van der Waals surface area contributed by atoms with E-state index in [1.165, 1.54) is 18.3 Å². The number of pyridine rings is 1. The van der Waals surface area contributed by atoms with E-state index in [0.29, 0.717) is 25.1 Å². The molecule has 1 N–H and O–H groups in total. The minimum absolute atomic E-state index is 0.0394. The van der Waals surface area contributed by atoms with E-state index in [1.807, 2.05) is 6.92 Å². The molecule has 0 radical (unpaired) electrons. The Morgan fingerprint density at radius 3 is 2.65 bits per heavy atom. The molecule has 0 bridgehead atoms. The van der Waals surface area contributed by atoms with Crippen LogP contribution in [0.4, 0.5) is 4.39 Å². The number of carbonyl (C=O) groups excluding carboxylic acids is 2. The number of hydrogen-bond donors (Lipinski definition) is 1. The van der Waals surface area contributed by atoms with Gasteiger partial charge in [0.05, 0.1) is 5.56 Å². The fraction of sp³-hybridized carbons (Fsp3) is 0.500. The molecule has 2 rings (SSSR count). The number of amides is 2. The molecule has 0 spiro atoms. The third-order valence-electron chi connectivity index (χ3n) is 3.44. The van der Waals surface area contributed by atoms with E-state index < -0.39 is 5.95 Å². The summed E-state index contributed by atoms with van der Waals surface area (Å²) in [6, 6.07) is 2.76. The Labute approximate surface area is 117 Å². The maximum absolute atomic E-state index is 12.7. The number of carbonyl (C=O) groups is 2. The van der Waals surface area contributed by atoms with Crippen LogP contribution in [-0.2, 0) is 4.79 Å². The van der Waals surface area contributed by atoms with Crippen molar-refractivity contribution in [2.24, 2.45) is 0 Å². The second kappa shape index (κ2) is 6.45. The van der Waals surface area contributed by atoms with E-state index in [0.717, 1.165) is 12.8 Å². The monoisotopic (exact) mass is 279 g/mol. The quantitative estimate of drug-likeness (QED) is 0.850. The number of likely N-dealkylation sites (tertiary alicyclic amines) is 1. The van der Waals surface area contributed by atoms with Crippen LogP contribution >= 0.6 is 0 Å². The Bertz CT molecular complexity index is 482. The van der Waals surface area contributed by atoms with Gasteiger partial charge in [-0.15, -0.1) is 0 Å². The standard InChI is InChI=1S/C14H18FN3O2/c1-2-13(19)17-11-5-7-18(8-6-11)14(20)10-3-4-12(15)16-9-10/h3-4,9,11H,2,5-8H2,1H3,(H,17,19). The van der Waals surface area contributed by atoms with Gasteiger partial charge in [0.15, 0.2) is 0 Å². The summed E-state index contributed by atoms with van der Waals surface area (Å²) in [5, 5.41) is 2.94. The zero-order chi connectivity index (χ0) is 14.5. The van der Waals surface area contributed by atoms with Crippen molar-refractivity contribution in [3.63, 3.8) is 0 Å². The van der Waals surface area contributed by atoms with Crippen molar-refractivity contribution < 1.29 is 14.0 Å². The predicted octanol–water partition coefficient (Wildman–Crippen LogP) is 1.35. The summed E-state index contributed by atoms with van der Waals surface area (Å²) in [4.78, 5) is 28.7. The molecule has 5 nitrogen and oxygen atoms in total. The minimum atomic E-state index is -0.595. The lowest BCUT2D eigenvalue weighted by atomic mass is 10.0. The number of nitrogens with one attached hydrogen (secondary N) is 1. The summed E-state index contributed by atoms with van der Waals surface area (Å²) in [6.07, 6.45) is 3.21. The molecule has 108 valence electrons. The first-order chi connectivity index (χ1) is 9.60. The minimum Gasteiger partial charge on any atom is -0.353 e. The molecule has 2 heterocycles. The average molecular weight is 279 g/mol. The van der Waals surface area contributed by atoms with Crippen LogP contribution in [0, 0.1) is 5.95 Å². The number of rotatable bonds is 3. The number of aromatic nitrogens is 1. The Balaban J connectivity index is 1.88. The second-order valence-corrected chi connectivity index (χ2v) is 4.86. The summed E-state index contributed by atoms with van der Waals surface area (Å²) in [5.74, 6) is -0.696. The molecule has 0 aromatic carbocycles. The molecule has 0 saturated carbocycles. The lowest BCUT2D eigenvalue weighted by Crippen LogP contribution is -2.46. The van der Waals surface area contributed by atoms with Gasteiger partial charge in [-0.1, -0.05) is 6.92 Å². The summed E-state index contributed by atoms with van der Waals surface area (Å²) < 4.78 is 12.7. The summed E-state index contributed by atoms with van der Waals surface area (Å²) in [7, 11) is 0. The number of piperidine rings is 1. The predicted molar refractivity (Wildman–Crippen MR) is 71.6 cm³/mol. The van der Waals surface area contributed by atoms with E-state index >= 15 is 0 Å². The van der Waals surface area contributed by atoms with E-state index in [2.05, 4.69) is 10.3 Å². The van der Waals surface area contributed by atoms with Crippen LogP contribution < -0.4 is 5.32 Å². The first kappa shape index (κ1) is 14.4. The van der Waals surface area contributed by atoms with E-state index in [9.17, 15) is 14.0 Å². The molecule has 2 amide bonds. The fourth-order valence-electron chi connectivity index (χ4n) is 2.24. The SMILES string of the molecule is CCC(=O)NC1CCN(C(=O)c2ccc(F)nc2)CC1. The molecule has 0 unspecified atom stereocenters. The second-order valence-electron chi connectivity index (χ2n) is 4.86. The topological polar surface area (TPSA) is 62.3 Å². The molecular formula is C14H18FN3O2. The lowest BCUT2D eigenvalue weighted by molar-refractivity contribution is -0.121. The molecule has 1 aromatic heterocycles. The first-order valence-corrected chi connectivity index (χ1v) is 6.80. The number of hydrogen-bond acceptors (Lipinski definition) is 3. The summed E-state index contributed by atoms with van der Waals surface area (Å²) in [5.41, 5.74) is 0.391. The van der Waals surface area contributed by atoms with Crippen molar-refractivity contribution in [3.05, 3.63) is 29.8 Å². The molecule has 6 heteroatoms. The largest absolute Gasteiger partial charge is 0.353 e. The highest BCUT2D eigenvalue weighted by Crippen LogP contribution is 2.14. The van der Waals surface area contributed by atoms with Crippen LogP contribution in [0.25, 0.3) is 0 Å². The normalized spacial score (nSPS) is 16.0. The van der Waals surface area contributed by atoms with Crippen LogP contribution in [0.2, 0.25) is 0 Å². The van der Waals surface area contributed by atoms with E-state index in [1.54, 1.807) is 4.90 Å². The van der Waals surface area contributed by atoms with Crippen LogP contribution in [0.3, 0.4) is 0 Å². The molecule has 20 heavy (non-hydrogen) atoms. The molecule has 1 fully saturated rings. The van der Waals surface area contributed by atoms with Crippen LogP contribution in [-0.4, -0.2) is 40.8 Å². The smallest absolute Gasteiger partial charge is 0.255 e. The van der Waals surface area contributed by atoms with E-state index in [4.69, 9.17) is 0 Å². The van der Waals surface area contributed by atoms with Crippen molar-refractivity contribution in [3.8, 4) is 0 Å². The van der Waals surface area contributed by atoms with Crippen molar-refractivity contribution in [2.45, 2.75) is 32.2 Å². The Morgan fingerprint density at radius 1 is 1.40 bits per heavy atom. The van der Waals surface area contributed by atoms with Gasteiger partial charge in [-0.25, -0.2) is 4.98 Å². The van der Waals surface area contributed by atoms with Gasteiger partial charge in [0, 0.05) is 31.7 Å². The summed E-state index contributed by atoms with van der Waals surface area (Å²) >= 11 is 0. The maximum atomic E-state index is 12.7. The fourth-order valence-corrected chi connectivity index (χ4v) is 2.24. The third kappa shape index (κ3) is 3.53. The van der Waals surface area contributed by atoms with Gasteiger partial charge in [-0.05, 0) is 25.0 Å². The maximum Gasteiger partial charge on any atom is 0.255 e. The molecular weight excluding hydrogens is 261 g/mol. The van der Waals surface area contributed by atoms with Gasteiger partial charge in [0.1, 0.15) is 0 Å². The van der Waals surface area contributed by atoms with Crippen molar-refractivity contribution >= 4 is 11.8 Å². The van der Waals surface area contributed by atoms with Crippen LogP contribution in [0.5, 0.6) is 0 Å². The third-order valence-corrected chi connectivity index (χ3v) is 3.44. The first-order valence-electron chi connectivity index (χ1n) is 6.80. The molecule has 0 atom stereocenters. The Morgan fingerprint density at radius 2 is 2.10 bits per heavy atom. The highest BCUT2D eigenvalue weighted by Gasteiger charge is 2.24. The highest BCUT2D eigenvalue weighted by molar-refractivity contribution is 5.93. The molecule has 1 aromatic rings. The molecule has 1 aliphatic heterocycles. The molecule has 0 aliphatic carbocycles. The van der Waals surface area contributed by atoms with Crippen LogP contribution in [0.15, 0.2) is 18.3 Å². The van der Waals surface area contributed by atoms with Gasteiger partial charge < -0.3 is 10.2 Å². The van der Waals surface area contributed by atoms with Gasteiger partial charge in [-0.2, -0.15) is 4.39 Å². The Kier molecular flexibility index (Phi) is 4.65. The van der Waals surface area contributed by atoms with Crippen molar-refractivity contribution in [2.75, 3.05) is 13.1 Å². The number of halogens is 1. The number of nitrogens with zero attached hydrogens (tertiary/aromatic N) is 2. The Hall–Kier alpha value is -1.98. The average Bonchev–Trinajstić information content (AvgIpc) is 2.48. The zero-order valence-electron chi connectivity index (χ0n) is 11.4. The van der Waals surface area contributed by atoms with Crippen molar-refractivity contribution in [1.82, 2.24) is 15.2 Å². The van der Waals surface area contributed by atoms with Crippen molar-refractivity contribution in [1.29, 1.82) is 0 Å². The lowest BCUT2D eigenvalue weighted by Gasteiger charge is -2.32. The van der Waals surface area contributed by atoms with E-state index in [-0.39, 0.29) is 17.9 Å². The van der Waals surface area contributed by atoms with Gasteiger partial charge in [-0.3, -0.25) is 9.59 Å². The summed E-state index contributed by atoms with van der Waals surface area (Å²) in [6.45, 7) is 2.99. The van der Waals surface area contributed by atoms with Crippen LogP contribution in [0.1, 0.15) is 36.5 Å². The zero-order valence-corrected chi connectivity index (χ0v) is 11.4. The molecule has 1 saturated heterocycles. The highest BCUT2D eigenvalue weighted by atomic mass is 19.1.